The minimum Gasteiger partial charge on any atom is -0.228 e. The summed E-state index contributed by atoms with van der Waals surface area (Å²) < 4.78 is 21.7. The molecule has 0 spiro atoms. The SMILES string of the molecule is NS(=O)(=O)Cc1cnn(-c2ccccc2)n1. The van der Waals surface area contributed by atoms with Gasteiger partial charge in [-0.15, -0.1) is 0 Å². The van der Waals surface area contributed by atoms with Crippen molar-refractivity contribution in [3.8, 4) is 5.69 Å². The third-order valence-corrected chi connectivity index (χ3v) is 2.57. The lowest BCUT2D eigenvalue weighted by atomic mass is 10.3. The van der Waals surface area contributed by atoms with Crippen molar-refractivity contribution < 1.29 is 8.42 Å². The highest BCUT2D eigenvalue weighted by atomic mass is 32.2. The van der Waals surface area contributed by atoms with Gasteiger partial charge in [-0.25, -0.2) is 13.6 Å². The van der Waals surface area contributed by atoms with Crippen LogP contribution in [-0.2, 0) is 15.8 Å². The summed E-state index contributed by atoms with van der Waals surface area (Å²) in [5.41, 5.74) is 1.09. The average molecular weight is 238 g/mol. The molecule has 0 radical (unpaired) electrons. The summed E-state index contributed by atoms with van der Waals surface area (Å²) in [6, 6.07) is 9.20. The standard InChI is InChI=1S/C9H10N4O2S/c10-16(14,15)7-8-6-11-13(12-8)9-4-2-1-3-5-9/h1-6H,7H2,(H2,10,14,15). The van der Waals surface area contributed by atoms with Crippen LogP contribution in [0.3, 0.4) is 0 Å². The van der Waals surface area contributed by atoms with Crippen LogP contribution in [0.5, 0.6) is 0 Å². The van der Waals surface area contributed by atoms with Gasteiger partial charge in [0.05, 0.1) is 17.6 Å². The Morgan fingerprint density at radius 3 is 2.56 bits per heavy atom. The molecule has 16 heavy (non-hydrogen) atoms. The van der Waals surface area contributed by atoms with E-state index in [-0.39, 0.29) is 5.75 Å². The molecular formula is C9H10N4O2S. The van der Waals surface area contributed by atoms with Crippen LogP contribution in [0.1, 0.15) is 5.69 Å². The minimum absolute atomic E-state index is 0.306. The number of primary sulfonamides is 1. The molecule has 2 N–H and O–H groups in total. The van der Waals surface area contributed by atoms with Crippen molar-refractivity contribution in [2.24, 2.45) is 5.14 Å². The predicted octanol–water partition coefficient (Wildman–Crippen LogP) is 0.0558. The van der Waals surface area contributed by atoms with Gasteiger partial charge >= 0.3 is 0 Å². The highest BCUT2D eigenvalue weighted by Crippen LogP contribution is 2.05. The Balaban J connectivity index is 2.27. The number of sulfonamides is 1. The normalized spacial score (nSPS) is 11.6. The molecule has 6 nitrogen and oxygen atoms in total. The average Bonchev–Trinajstić information content (AvgIpc) is 2.65. The van der Waals surface area contributed by atoms with E-state index in [1.807, 2.05) is 30.3 Å². The molecule has 1 heterocycles. The third-order valence-electron chi connectivity index (χ3n) is 1.88. The van der Waals surface area contributed by atoms with E-state index < -0.39 is 10.0 Å². The van der Waals surface area contributed by atoms with Crippen LogP contribution in [0.15, 0.2) is 36.5 Å². The van der Waals surface area contributed by atoms with Crippen molar-refractivity contribution in [2.45, 2.75) is 5.75 Å². The van der Waals surface area contributed by atoms with E-state index in [9.17, 15) is 8.42 Å². The zero-order valence-electron chi connectivity index (χ0n) is 8.31. The first-order chi connectivity index (χ1) is 7.54. The van der Waals surface area contributed by atoms with E-state index in [4.69, 9.17) is 5.14 Å². The van der Waals surface area contributed by atoms with Gasteiger partial charge in [0, 0.05) is 0 Å². The molecule has 0 aliphatic heterocycles. The number of nitrogens with two attached hydrogens (primary N) is 1. The lowest BCUT2D eigenvalue weighted by Gasteiger charge is -1.97. The summed E-state index contributed by atoms with van der Waals surface area (Å²) in [5.74, 6) is -0.306. The third kappa shape index (κ3) is 2.65. The summed E-state index contributed by atoms with van der Waals surface area (Å²) in [6.45, 7) is 0. The second kappa shape index (κ2) is 4.03. The van der Waals surface area contributed by atoms with Crippen molar-refractivity contribution in [1.82, 2.24) is 15.0 Å². The number of hydrogen-bond donors (Lipinski definition) is 1. The molecule has 0 amide bonds. The largest absolute Gasteiger partial charge is 0.228 e. The molecule has 2 rings (SSSR count). The van der Waals surface area contributed by atoms with E-state index in [0.29, 0.717) is 5.69 Å². The summed E-state index contributed by atoms with van der Waals surface area (Å²) in [5, 5.41) is 12.9. The highest BCUT2D eigenvalue weighted by Gasteiger charge is 2.09. The molecule has 0 unspecified atom stereocenters. The van der Waals surface area contributed by atoms with Crippen molar-refractivity contribution in [3.05, 3.63) is 42.2 Å². The first-order valence-corrected chi connectivity index (χ1v) is 6.23. The molecular weight excluding hydrogens is 228 g/mol. The summed E-state index contributed by atoms with van der Waals surface area (Å²) in [4.78, 5) is 1.36. The minimum atomic E-state index is -3.56. The van der Waals surface area contributed by atoms with Crippen LogP contribution in [0.2, 0.25) is 0 Å². The van der Waals surface area contributed by atoms with Gasteiger partial charge in [-0.05, 0) is 12.1 Å². The van der Waals surface area contributed by atoms with Gasteiger partial charge in [-0.1, -0.05) is 18.2 Å². The summed E-state index contributed by atoms with van der Waals surface area (Å²) in [7, 11) is -3.56. The van der Waals surface area contributed by atoms with Gasteiger partial charge in [0.25, 0.3) is 0 Å². The van der Waals surface area contributed by atoms with Gasteiger partial charge in [-0.2, -0.15) is 15.0 Å². The van der Waals surface area contributed by atoms with Crippen molar-refractivity contribution >= 4 is 10.0 Å². The second-order valence-electron chi connectivity index (χ2n) is 3.27. The Bertz CT molecular complexity index is 577. The quantitative estimate of drug-likeness (QED) is 0.818. The van der Waals surface area contributed by atoms with Gasteiger partial charge in [-0.3, -0.25) is 0 Å². The van der Waals surface area contributed by atoms with E-state index in [1.54, 1.807) is 0 Å². The zero-order valence-corrected chi connectivity index (χ0v) is 9.13. The molecule has 1 aromatic carbocycles. The van der Waals surface area contributed by atoms with E-state index >= 15 is 0 Å². The zero-order chi connectivity index (χ0) is 11.6. The number of aromatic nitrogens is 3. The Kier molecular flexibility index (Phi) is 2.71. The topological polar surface area (TPSA) is 90.9 Å². The monoisotopic (exact) mass is 238 g/mol. The lowest BCUT2D eigenvalue weighted by Crippen LogP contribution is -2.15. The van der Waals surface area contributed by atoms with Gasteiger partial charge in [0.2, 0.25) is 10.0 Å². The van der Waals surface area contributed by atoms with Gasteiger partial charge in [0.1, 0.15) is 5.75 Å². The lowest BCUT2D eigenvalue weighted by molar-refractivity contribution is 0.596. The fourth-order valence-corrected chi connectivity index (χ4v) is 1.80. The van der Waals surface area contributed by atoms with Crippen LogP contribution in [0, 0.1) is 0 Å². The van der Waals surface area contributed by atoms with Crippen LogP contribution >= 0.6 is 0 Å². The fourth-order valence-electron chi connectivity index (χ4n) is 1.25. The maximum Gasteiger partial charge on any atom is 0.214 e. The van der Waals surface area contributed by atoms with Gasteiger partial charge < -0.3 is 0 Å². The Morgan fingerprint density at radius 1 is 1.25 bits per heavy atom. The smallest absolute Gasteiger partial charge is 0.214 e. The highest BCUT2D eigenvalue weighted by molar-refractivity contribution is 7.88. The van der Waals surface area contributed by atoms with Crippen molar-refractivity contribution in [2.75, 3.05) is 0 Å². The molecule has 0 aliphatic carbocycles. The first-order valence-electron chi connectivity index (χ1n) is 4.52. The molecule has 2 aromatic rings. The van der Waals surface area contributed by atoms with Crippen LogP contribution in [-0.4, -0.2) is 23.4 Å². The summed E-state index contributed by atoms with van der Waals surface area (Å²) in [6.07, 6.45) is 1.39. The second-order valence-corrected chi connectivity index (χ2v) is 4.88. The summed E-state index contributed by atoms with van der Waals surface area (Å²) >= 11 is 0. The van der Waals surface area contributed by atoms with Crippen LogP contribution < -0.4 is 5.14 Å². The molecule has 0 atom stereocenters. The maximum absolute atomic E-state index is 10.8. The maximum atomic E-state index is 10.8. The Hall–Kier alpha value is -1.73. The van der Waals surface area contributed by atoms with E-state index in [0.717, 1.165) is 5.69 Å². The molecule has 0 bridgehead atoms. The molecule has 7 heteroatoms. The Labute approximate surface area is 92.7 Å². The molecule has 0 saturated heterocycles. The van der Waals surface area contributed by atoms with E-state index in [1.165, 1.54) is 11.0 Å². The number of para-hydroxylation sites is 1. The molecule has 0 fully saturated rings. The van der Waals surface area contributed by atoms with Crippen molar-refractivity contribution in [3.63, 3.8) is 0 Å². The molecule has 1 aromatic heterocycles. The molecule has 84 valence electrons. The van der Waals surface area contributed by atoms with Crippen LogP contribution in [0.25, 0.3) is 5.69 Å². The number of nitrogens with zero attached hydrogens (tertiary/aromatic N) is 3. The van der Waals surface area contributed by atoms with Crippen LogP contribution in [0.4, 0.5) is 0 Å². The Morgan fingerprint density at radius 2 is 1.94 bits per heavy atom. The molecule has 0 saturated carbocycles. The number of rotatable bonds is 3. The van der Waals surface area contributed by atoms with E-state index in [2.05, 4.69) is 10.2 Å². The number of hydrogen-bond acceptors (Lipinski definition) is 4. The fraction of sp³-hybridized carbons (Fsp3) is 0.111. The van der Waals surface area contributed by atoms with Crippen molar-refractivity contribution in [1.29, 1.82) is 0 Å². The molecule has 0 aliphatic rings. The first kappa shape index (κ1) is 10.8. The predicted molar refractivity (Wildman–Crippen MR) is 58.2 cm³/mol. The van der Waals surface area contributed by atoms with Gasteiger partial charge in [0.15, 0.2) is 0 Å². The number of benzene rings is 1.